The highest BCUT2D eigenvalue weighted by Crippen LogP contribution is 2.77. The van der Waals surface area contributed by atoms with Crippen LogP contribution in [0.2, 0.25) is 0 Å². The molecule has 1 spiro atoms. The Hall–Kier alpha value is -1.58. The average molecular weight is 503 g/mol. The number of hydrogen-bond acceptors (Lipinski definition) is 8. The average Bonchev–Trinajstić information content (AvgIpc) is 3.24. The van der Waals surface area contributed by atoms with E-state index < -0.39 is 63.2 Å². The summed E-state index contributed by atoms with van der Waals surface area (Å²) in [6, 6.07) is 0. The molecule has 0 bridgehead atoms. The molecule has 12 unspecified atom stereocenters. The van der Waals surface area contributed by atoms with E-state index in [0.29, 0.717) is 24.0 Å². The van der Waals surface area contributed by atoms with Crippen LogP contribution in [0.4, 0.5) is 0 Å². The normalized spacial score (nSPS) is 59.6. The molecule has 6 aliphatic rings. The van der Waals surface area contributed by atoms with E-state index >= 15 is 0 Å². The van der Waals surface area contributed by atoms with Crippen LogP contribution in [0.1, 0.15) is 66.7 Å². The van der Waals surface area contributed by atoms with Crippen LogP contribution < -0.4 is 0 Å². The molecule has 198 valence electrons. The fourth-order valence-electron chi connectivity index (χ4n) is 10.4. The summed E-state index contributed by atoms with van der Waals surface area (Å²) in [4.78, 5) is 26.4. The molecule has 5 aliphatic carbocycles. The lowest BCUT2D eigenvalue weighted by molar-refractivity contribution is -0.366. The molecule has 0 saturated heterocycles. The van der Waals surface area contributed by atoms with Crippen molar-refractivity contribution in [2.75, 3.05) is 0 Å². The number of ketones is 1. The van der Waals surface area contributed by atoms with E-state index in [1.807, 2.05) is 6.92 Å². The SMILES string of the molecule is CC1=C(C)C2(OC1=O)C(O)C(C)C1(O)CCC3C4CC(O)C5(O)CC=CC(=O)C5(C)C4CC2(O)C31C. The number of esters is 1. The first kappa shape index (κ1) is 24.7. The molecular formula is C28H38O8. The zero-order valence-electron chi connectivity index (χ0n) is 21.6. The first-order valence-electron chi connectivity index (χ1n) is 13.2. The largest absolute Gasteiger partial charge is 0.445 e. The molecule has 8 nitrogen and oxygen atoms in total. The Balaban J connectivity index is 1.64. The molecule has 0 radical (unpaired) electrons. The van der Waals surface area contributed by atoms with Crippen molar-refractivity contribution < 1.29 is 39.9 Å². The standard InChI is InChI=1S/C28H38O8/c1-13-14(2)28(36-22(13)32)21(31)15(3)25(33)10-8-17-16-11-20(30)26(34)9-6-7-19(29)23(26,4)18(16)12-27(28,35)24(17,25)5/h6-7,15-18,20-21,30-31,33-35H,8-12H2,1-5H3. The molecular weight excluding hydrogens is 464 g/mol. The van der Waals surface area contributed by atoms with Gasteiger partial charge in [-0.2, -0.15) is 0 Å². The third-order valence-electron chi connectivity index (χ3n) is 12.7. The van der Waals surface area contributed by atoms with Gasteiger partial charge in [-0.3, -0.25) is 4.79 Å². The molecule has 12 atom stereocenters. The summed E-state index contributed by atoms with van der Waals surface area (Å²) >= 11 is 0. The molecule has 1 aliphatic heterocycles. The van der Waals surface area contributed by atoms with Gasteiger partial charge in [-0.05, 0) is 82.3 Å². The van der Waals surface area contributed by atoms with Gasteiger partial charge in [0.15, 0.2) is 11.4 Å². The van der Waals surface area contributed by atoms with E-state index in [2.05, 4.69) is 0 Å². The summed E-state index contributed by atoms with van der Waals surface area (Å²) in [5, 5.41) is 60.1. The van der Waals surface area contributed by atoms with Crippen molar-refractivity contribution >= 4 is 11.8 Å². The molecule has 1 heterocycles. The van der Waals surface area contributed by atoms with Gasteiger partial charge in [0.05, 0.1) is 17.1 Å². The Bertz CT molecular complexity index is 1140. The number of ether oxygens (including phenoxy) is 1. The molecule has 4 fully saturated rings. The summed E-state index contributed by atoms with van der Waals surface area (Å²) < 4.78 is 5.99. The van der Waals surface area contributed by atoms with E-state index in [-0.39, 0.29) is 36.9 Å². The second kappa shape index (κ2) is 6.70. The van der Waals surface area contributed by atoms with Crippen LogP contribution in [0, 0.1) is 34.5 Å². The Kier molecular flexibility index (Phi) is 4.60. The number of carbonyl (C=O) groups excluding carboxylic acids is 2. The highest BCUT2D eigenvalue weighted by Gasteiger charge is 2.86. The zero-order chi connectivity index (χ0) is 26.4. The van der Waals surface area contributed by atoms with Gasteiger partial charge in [0.25, 0.3) is 0 Å². The van der Waals surface area contributed by atoms with Crippen molar-refractivity contribution in [3.05, 3.63) is 23.3 Å². The molecule has 5 N–H and O–H groups in total. The topological polar surface area (TPSA) is 145 Å². The first-order valence-corrected chi connectivity index (χ1v) is 13.2. The van der Waals surface area contributed by atoms with Crippen molar-refractivity contribution in [2.45, 2.75) is 101 Å². The minimum atomic E-state index is -1.92. The fraction of sp³-hybridized carbons (Fsp3) is 0.786. The third kappa shape index (κ3) is 2.10. The number of aliphatic hydroxyl groups is 5. The van der Waals surface area contributed by atoms with Crippen LogP contribution in [0.5, 0.6) is 0 Å². The second-order valence-electron chi connectivity index (χ2n) is 13.1. The number of rotatable bonds is 0. The summed E-state index contributed by atoms with van der Waals surface area (Å²) in [6.45, 7) is 8.55. The monoisotopic (exact) mass is 502 g/mol. The number of hydrogen-bond donors (Lipinski definition) is 5. The lowest BCUT2D eigenvalue weighted by Crippen LogP contribution is -2.85. The maximum Gasteiger partial charge on any atom is 0.334 e. The van der Waals surface area contributed by atoms with Gasteiger partial charge in [-0.15, -0.1) is 0 Å². The summed E-state index contributed by atoms with van der Waals surface area (Å²) in [5.74, 6) is -2.80. The smallest absolute Gasteiger partial charge is 0.334 e. The minimum absolute atomic E-state index is 0.0697. The summed E-state index contributed by atoms with van der Waals surface area (Å²) in [5.41, 5.74) is -8.72. The Morgan fingerprint density at radius 3 is 2.31 bits per heavy atom. The van der Waals surface area contributed by atoms with Crippen molar-refractivity contribution in [2.24, 2.45) is 34.5 Å². The molecule has 36 heavy (non-hydrogen) atoms. The van der Waals surface area contributed by atoms with Crippen molar-refractivity contribution in [1.82, 2.24) is 0 Å². The Morgan fingerprint density at radius 2 is 1.69 bits per heavy atom. The zero-order valence-corrected chi connectivity index (χ0v) is 21.6. The lowest BCUT2D eigenvalue weighted by atomic mass is 9.34. The Morgan fingerprint density at radius 1 is 1.03 bits per heavy atom. The van der Waals surface area contributed by atoms with Gasteiger partial charge >= 0.3 is 5.97 Å². The highest BCUT2D eigenvalue weighted by molar-refractivity contribution is 5.97. The number of carbonyl (C=O) groups is 2. The number of allylic oxidation sites excluding steroid dienone is 1. The van der Waals surface area contributed by atoms with Crippen LogP contribution in [0.25, 0.3) is 0 Å². The summed E-state index contributed by atoms with van der Waals surface area (Å²) in [6.07, 6.45) is 1.65. The van der Waals surface area contributed by atoms with Crippen LogP contribution in [0.3, 0.4) is 0 Å². The molecule has 6 rings (SSSR count). The number of fused-ring (bicyclic) bond motifs is 5. The van der Waals surface area contributed by atoms with Crippen molar-refractivity contribution in [3.63, 3.8) is 0 Å². The van der Waals surface area contributed by atoms with Gasteiger partial charge in [0.2, 0.25) is 0 Å². The van der Waals surface area contributed by atoms with E-state index in [9.17, 15) is 35.1 Å². The van der Waals surface area contributed by atoms with Crippen LogP contribution in [-0.2, 0) is 14.3 Å². The minimum Gasteiger partial charge on any atom is -0.445 e. The first-order chi connectivity index (χ1) is 16.6. The van der Waals surface area contributed by atoms with E-state index in [1.165, 1.54) is 6.08 Å². The van der Waals surface area contributed by atoms with Crippen molar-refractivity contribution in [3.8, 4) is 0 Å². The predicted octanol–water partition coefficient (Wildman–Crippen LogP) is 1.17. The van der Waals surface area contributed by atoms with Crippen molar-refractivity contribution in [1.29, 1.82) is 0 Å². The molecule has 0 aromatic carbocycles. The van der Waals surface area contributed by atoms with Gasteiger partial charge < -0.3 is 30.3 Å². The predicted molar refractivity (Wildman–Crippen MR) is 127 cm³/mol. The van der Waals surface area contributed by atoms with Gasteiger partial charge in [-0.1, -0.05) is 19.9 Å². The second-order valence-corrected chi connectivity index (χ2v) is 13.1. The fourth-order valence-corrected chi connectivity index (χ4v) is 10.4. The van der Waals surface area contributed by atoms with Crippen LogP contribution in [0.15, 0.2) is 23.3 Å². The quantitative estimate of drug-likeness (QED) is 0.311. The summed E-state index contributed by atoms with van der Waals surface area (Å²) in [7, 11) is 0. The number of aliphatic hydroxyl groups excluding tert-OH is 2. The van der Waals surface area contributed by atoms with Gasteiger partial charge in [0, 0.05) is 16.9 Å². The Labute approximate surface area is 211 Å². The lowest BCUT2D eigenvalue weighted by Gasteiger charge is -2.73. The maximum absolute atomic E-state index is 13.5. The van der Waals surface area contributed by atoms with E-state index in [1.54, 1.807) is 33.8 Å². The van der Waals surface area contributed by atoms with Crippen LogP contribution in [-0.4, -0.2) is 71.9 Å². The highest BCUT2D eigenvalue weighted by atomic mass is 16.6. The molecule has 0 amide bonds. The van der Waals surface area contributed by atoms with E-state index in [0.717, 1.165) is 0 Å². The van der Waals surface area contributed by atoms with E-state index in [4.69, 9.17) is 4.74 Å². The van der Waals surface area contributed by atoms with Gasteiger partial charge in [-0.25, -0.2) is 4.79 Å². The molecule has 8 heteroatoms. The third-order valence-corrected chi connectivity index (χ3v) is 12.7. The molecule has 0 aromatic rings. The molecule has 0 aromatic heterocycles. The molecule has 4 saturated carbocycles. The van der Waals surface area contributed by atoms with Crippen LogP contribution >= 0.6 is 0 Å². The maximum atomic E-state index is 13.5. The van der Waals surface area contributed by atoms with Gasteiger partial charge in [0.1, 0.15) is 17.3 Å².